The Morgan fingerprint density at radius 2 is 1.69 bits per heavy atom. The van der Waals surface area contributed by atoms with Crippen LogP contribution >= 0.6 is 0 Å². The number of hydrogen-bond acceptors (Lipinski definition) is 11. The molecule has 2 aromatic rings. The second kappa shape index (κ2) is 21.3. The number of cyclic esters (lactones) is 1. The van der Waals surface area contributed by atoms with E-state index < -0.39 is 71.5 Å². The van der Waals surface area contributed by atoms with Crippen molar-refractivity contribution in [3.05, 3.63) is 59.3 Å². The molecule has 4 aliphatic rings. The number of benzene rings is 1. The molecule has 6 rings (SSSR count). The first kappa shape index (κ1) is 49.7. The molecular weight excluding hydrogens is 817 g/mol. The Bertz CT molecular complexity index is 2030. The average Bonchev–Trinajstić information content (AvgIpc) is 3.77. The number of methoxy groups -OCH3 is 3. The summed E-state index contributed by atoms with van der Waals surface area (Å²) >= 11 is 0. The molecular formula is C51H74N2O11. The zero-order valence-electron chi connectivity index (χ0n) is 39.6. The third-order valence-corrected chi connectivity index (χ3v) is 14.9. The molecule has 3 N–H and O–H groups in total. The van der Waals surface area contributed by atoms with Gasteiger partial charge in [0, 0.05) is 57.8 Å². The quantitative estimate of drug-likeness (QED) is 0.143. The van der Waals surface area contributed by atoms with Gasteiger partial charge in [0.15, 0.2) is 0 Å². The van der Waals surface area contributed by atoms with Gasteiger partial charge in [0.1, 0.15) is 29.6 Å². The lowest BCUT2D eigenvalue weighted by Gasteiger charge is -2.47. The second-order valence-electron chi connectivity index (χ2n) is 19.6. The van der Waals surface area contributed by atoms with Crippen LogP contribution in [0.15, 0.2) is 53.8 Å². The molecule has 0 radical (unpaired) electrons. The van der Waals surface area contributed by atoms with Crippen molar-refractivity contribution in [2.24, 2.45) is 29.6 Å². The van der Waals surface area contributed by atoms with E-state index in [0.717, 1.165) is 27.6 Å². The number of piperidine rings is 1. The maximum atomic E-state index is 14.5. The number of aromatic nitrogens is 1. The smallest absolute Gasteiger partial charge is 0.329 e. The Morgan fingerprint density at radius 1 is 0.953 bits per heavy atom. The molecule has 0 spiro atoms. The first-order valence-corrected chi connectivity index (χ1v) is 23.7. The van der Waals surface area contributed by atoms with Gasteiger partial charge < -0.3 is 43.8 Å². The van der Waals surface area contributed by atoms with Crippen LogP contribution in [0.25, 0.3) is 10.9 Å². The van der Waals surface area contributed by atoms with Crippen LogP contribution in [-0.4, -0.2) is 114 Å². The summed E-state index contributed by atoms with van der Waals surface area (Å²) in [5.74, 6) is -6.43. The number of carbonyl (C=O) groups is 4. The number of nitrogens with one attached hydrogen (secondary N) is 1. The molecule has 3 fully saturated rings. The highest BCUT2D eigenvalue weighted by atomic mass is 16.7. The van der Waals surface area contributed by atoms with Crippen molar-refractivity contribution in [1.29, 1.82) is 0 Å². The lowest BCUT2D eigenvalue weighted by atomic mass is 9.72. The number of ether oxygens (including phenoxy) is 5. The molecule has 1 aromatic carbocycles. The molecule has 4 heterocycles. The Hall–Kier alpha value is -3.72. The largest absolute Gasteiger partial charge is 0.456 e. The molecule has 64 heavy (non-hydrogen) atoms. The molecule has 1 amide bonds. The summed E-state index contributed by atoms with van der Waals surface area (Å²) in [5, 5.41) is 25.3. The van der Waals surface area contributed by atoms with Crippen molar-refractivity contribution >= 4 is 34.3 Å². The van der Waals surface area contributed by atoms with Crippen LogP contribution in [0.5, 0.6) is 0 Å². The molecule has 2 bridgehead atoms. The zero-order chi connectivity index (χ0) is 46.5. The van der Waals surface area contributed by atoms with E-state index in [-0.39, 0.29) is 55.3 Å². The molecule has 2 saturated heterocycles. The number of aliphatic hydroxyl groups is 2. The highest BCUT2D eigenvalue weighted by molar-refractivity contribution is 6.39. The summed E-state index contributed by atoms with van der Waals surface area (Å²) in [7, 11) is 4.73. The van der Waals surface area contributed by atoms with Crippen molar-refractivity contribution in [3.63, 3.8) is 0 Å². The summed E-state index contributed by atoms with van der Waals surface area (Å²) in [6.07, 6.45) is 8.77. The van der Waals surface area contributed by atoms with E-state index in [2.05, 4.69) is 24.1 Å². The predicted molar refractivity (Wildman–Crippen MR) is 243 cm³/mol. The first-order valence-electron chi connectivity index (χ1n) is 23.7. The van der Waals surface area contributed by atoms with Crippen LogP contribution in [0.1, 0.15) is 124 Å². The van der Waals surface area contributed by atoms with Crippen LogP contribution in [0.3, 0.4) is 0 Å². The number of Topliss-reactive ketones (excluding diaryl/α,β-unsaturated/α-hetero) is 2. The first-order chi connectivity index (χ1) is 30.5. The Balaban J connectivity index is 1.31. The van der Waals surface area contributed by atoms with Gasteiger partial charge in [0.05, 0.1) is 18.3 Å². The molecule has 3 aliphatic heterocycles. The van der Waals surface area contributed by atoms with Crippen LogP contribution < -0.4 is 0 Å². The van der Waals surface area contributed by atoms with Gasteiger partial charge in [0.25, 0.3) is 11.7 Å². The van der Waals surface area contributed by atoms with Crippen LogP contribution in [-0.2, 0) is 48.5 Å². The maximum Gasteiger partial charge on any atom is 0.329 e. The molecule has 1 aromatic heterocycles. The zero-order valence-corrected chi connectivity index (χ0v) is 39.6. The van der Waals surface area contributed by atoms with Crippen LogP contribution in [0, 0.1) is 29.6 Å². The van der Waals surface area contributed by atoms with Gasteiger partial charge in [-0.05, 0) is 137 Å². The Kier molecular flexibility index (Phi) is 16.5. The lowest BCUT2D eigenvalue weighted by molar-refractivity contribution is -0.302. The summed E-state index contributed by atoms with van der Waals surface area (Å²) in [5.41, 5.74) is 2.46. The summed E-state index contributed by atoms with van der Waals surface area (Å²) in [6, 6.07) is 6.84. The topological polar surface area (TPSA) is 174 Å². The number of fused-ring (bicyclic) bond motifs is 4. The van der Waals surface area contributed by atoms with Gasteiger partial charge >= 0.3 is 5.97 Å². The van der Waals surface area contributed by atoms with Crippen molar-refractivity contribution in [3.8, 4) is 0 Å². The van der Waals surface area contributed by atoms with E-state index in [1.54, 1.807) is 28.3 Å². The van der Waals surface area contributed by atoms with Crippen LogP contribution in [0.4, 0.5) is 0 Å². The van der Waals surface area contributed by atoms with E-state index in [1.807, 2.05) is 58.2 Å². The van der Waals surface area contributed by atoms with Crippen molar-refractivity contribution < 1.29 is 53.1 Å². The normalized spacial score (nSPS) is 37.9. The van der Waals surface area contributed by atoms with E-state index in [9.17, 15) is 29.4 Å². The number of H-pyrrole nitrogens is 1. The molecule has 13 nitrogen and oxygen atoms in total. The number of rotatable bonds is 7. The number of nitrogens with zero attached hydrogens (tertiary/aromatic N) is 1. The van der Waals surface area contributed by atoms with E-state index in [0.29, 0.717) is 57.8 Å². The van der Waals surface area contributed by atoms with E-state index in [4.69, 9.17) is 23.7 Å². The summed E-state index contributed by atoms with van der Waals surface area (Å²) in [6.45, 7) is 11.8. The fraction of sp³-hybridized carbons (Fsp3) is 0.686. The number of ketones is 2. The SMILES string of the molecule is CCC1/C=C(\C)CC(C)CC(OC)C2OC(O)(C(=O)C(=O)N3CCCCC3C(=O)OC(C(C)=CC3CCC(O)(c4ccc5[nH]ccc5c4)C(OC)C3)C(C)CCC1=O)C(C)CC2OC. The number of esters is 1. The molecule has 13 unspecified atom stereocenters. The highest BCUT2D eigenvalue weighted by Crippen LogP contribution is 2.44. The third-order valence-electron chi connectivity index (χ3n) is 14.9. The molecule has 354 valence electrons. The van der Waals surface area contributed by atoms with Gasteiger partial charge in [-0.1, -0.05) is 51.5 Å². The van der Waals surface area contributed by atoms with Gasteiger partial charge in [-0.15, -0.1) is 0 Å². The summed E-state index contributed by atoms with van der Waals surface area (Å²) < 4.78 is 30.6. The lowest BCUT2D eigenvalue weighted by Crippen LogP contribution is -2.64. The third kappa shape index (κ3) is 10.6. The van der Waals surface area contributed by atoms with Gasteiger partial charge in [-0.3, -0.25) is 14.4 Å². The number of amides is 1. The van der Waals surface area contributed by atoms with Gasteiger partial charge in [-0.2, -0.15) is 0 Å². The average molecular weight is 891 g/mol. The fourth-order valence-electron chi connectivity index (χ4n) is 11.1. The standard InChI is InChI=1S/C51H74N2O11/c1-10-36-24-30(2)23-31(3)25-42(60-7)46-43(61-8)27-34(6)51(59,64-46)47(55)48(56)53-22-12-11-13-40(53)49(57)63-45(32(4)14-17-41(36)54)33(5)26-35-18-20-50(58,44(28-35)62-9)38-15-16-39-37(29-38)19-21-52-39/h15-16,19,21,24,26,29,31-32,34-36,40,42-46,52,58-59H,10-14,17-18,20,22-23,25,27-28H2,1-9H3/b30-24+,33-26?. The number of allylic oxidation sites excluding steroid dienone is 3. The van der Waals surface area contributed by atoms with E-state index >= 15 is 0 Å². The highest BCUT2D eigenvalue weighted by Gasteiger charge is 2.56. The molecule has 1 aliphatic carbocycles. The minimum atomic E-state index is -2.48. The minimum Gasteiger partial charge on any atom is -0.456 e. The van der Waals surface area contributed by atoms with Crippen molar-refractivity contribution in [2.45, 2.75) is 167 Å². The number of hydrogen-bond donors (Lipinski definition) is 3. The minimum absolute atomic E-state index is 0.0123. The predicted octanol–water partition coefficient (Wildman–Crippen LogP) is 7.51. The van der Waals surface area contributed by atoms with Crippen molar-refractivity contribution in [1.82, 2.24) is 9.88 Å². The molecule has 13 heteroatoms. The molecule has 13 atom stereocenters. The Labute approximate surface area is 379 Å². The van der Waals surface area contributed by atoms with Crippen LogP contribution in [0.2, 0.25) is 0 Å². The summed E-state index contributed by atoms with van der Waals surface area (Å²) in [4.78, 5) is 61.6. The fourth-order valence-corrected chi connectivity index (χ4v) is 11.1. The Morgan fingerprint density at radius 3 is 2.39 bits per heavy atom. The van der Waals surface area contributed by atoms with Gasteiger partial charge in [0.2, 0.25) is 5.79 Å². The maximum absolute atomic E-state index is 14.5. The number of aromatic amines is 1. The van der Waals surface area contributed by atoms with Crippen molar-refractivity contribution in [2.75, 3.05) is 27.9 Å². The monoisotopic (exact) mass is 891 g/mol. The second-order valence-corrected chi connectivity index (χ2v) is 19.6. The molecule has 1 saturated carbocycles. The number of carbonyl (C=O) groups excluding carboxylic acids is 4. The van der Waals surface area contributed by atoms with Gasteiger partial charge in [-0.25, -0.2) is 4.79 Å². The van der Waals surface area contributed by atoms with E-state index in [1.165, 1.54) is 4.90 Å².